The van der Waals surface area contributed by atoms with E-state index in [1.54, 1.807) is 0 Å². The Morgan fingerprint density at radius 1 is 1.19 bits per heavy atom. The van der Waals surface area contributed by atoms with E-state index in [4.69, 9.17) is 0 Å². The fourth-order valence-electron chi connectivity index (χ4n) is 2.15. The molecule has 1 heteroatoms. The van der Waals surface area contributed by atoms with Crippen LogP contribution < -0.4 is 5.32 Å². The van der Waals surface area contributed by atoms with Crippen LogP contribution in [0.1, 0.15) is 35.1 Å². The molecule has 0 atom stereocenters. The van der Waals surface area contributed by atoms with Gasteiger partial charge in [0.15, 0.2) is 0 Å². The van der Waals surface area contributed by atoms with Crippen LogP contribution in [0, 0.1) is 20.8 Å². The van der Waals surface area contributed by atoms with Crippen LogP contribution in [0.15, 0.2) is 18.2 Å². The van der Waals surface area contributed by atoms with Crippen molar-refractivity contribution in [1.29, 1.82) is 0 Å². The second kappa shape index (κ2) is 4.84. The van der Waals surface area contributed by atoms with Gasteiger partial charge in [-0.05, 0) is 50.3 Å². The van der Waals surface area contributed by atoms with Gasteiger partial charge in [-0.25, -0.2) is 0 Å². The van der Waals surface area contributed by atoms with Crippen molar-refractivity contribution >= 4 is 6.08 Å². The number of hydrogen-bond donors (Lipinski definition) is 1. The van der Waals surface area contributed by atoms with E-state index in [0.717, 1.165) is 12.6 Å². The third kappa shape index (κ3) is 2.96. The van der Waals surface area contributed by atoms with Crippen LogP contribution in [-0.2, 0) is 0 Å². The minimum atomic E-state index is 0.796. The molecule has 2 rings (SSSR count). The van der Waals surface area contributed by atoms with Gasteiger partial charge >= 0.3 is 0 Å². The molecule has 0 heterocycles. The lowest BCUT2D eigenvalue weighted by molar-refractivity contribution is 0.754. The summed E-state index contributed by atoms with van der Waals surface area (Å²) < 4.78 is 0. The number of benzene rings is 1. The van der Waals surface area contributed by atoms with Crippen LogP contribution >= 0.6 is 0 Å². The van der Waals surface area contributed by atoms with Crippen LogP contribution in [0.4, 0.5) is 0 Å². The highest BCUT2D eigenvalue weighted by molar-refractivity contribution is 5.58. The molecule has 1 aromatic carbocycles. The monoisotopic (exact) mass is 215 g/mol. The lowest BCUT2D eigenvalue weighted by Gasteiger charge is -2.07. The van der Waals surface area contributed by atoms with Crippen molar-refractivity contribution < 1.29 is 0 Å². The highest BCUT2D eigenvalue weighted by Gasteiger charge is 2.18. The van der Waals surface area contributed by atoms with Crippen molar-refractivity contribution in [2.45, 2.75) is 39.7 Å². The van der Waals surface area contributed by atoms with Crippen molar-refractivity contribution in [3.63, 3.8) is 0 Å². The molecule has 1 aromatic rings. The van der Waals surface area contributed by atoms with E-state index in [-0.39, 0.29) is 0 Å². The standard InChI is InChI=1S/C15H21N/c1-11-9-12(2)15(13(3)10-11)5-4-8-16-14-6-7-14/h4-5,9-10,14,16H,6-8H2,1-3H3. The summed E-state index contributed by atoms with van der Waals surface area (Å²) in [5.41, 5.74) is 5.48. The Balaban J connectivity index is 2.01. The number of rotatable bonds is 4. The van der Waals surface area contributed by atoms with E-state index in [0.29, 0.717) is 0 Å². The zero-order valence-corrected chi connectivity index (χ0v) is 10.5. The van der Waals surface area contributed by atoms with Gasteiger partial charge in [0, 0.05) is 12.6 Å². The second-order valence-electron chi connectivity index (χ2n) is 4.90. The topological polar surface area (TPSA) is 12.0 Å². The molecule has 0 unspecified atom stereocenters. The summed E-state index contributed by atoms with van der Waals surface area (Å²) in [6.07, 6.45) is 7.20. The third-order valence-corrected chi connectivity index (χ3v) is 3.12. The maximum Gasteiger partial charge on any atom is 0.0140 e. The van der Waals surface area contributed by atoms with Crippen LogP contribution in [0.3, 0.4) is 0 Å². The van der Waals surface area contributed by atoms with Crippen molar-refractivity contribution in [1.82, 2.24) is 5.32 Å². The molecule has 0 amide bonds. The minimum absolute atomic E-state index is 0.796. The third-order valence-electron chi connectivity index (χ3n) is 3.12. The Hall–Kier alpha value is -1.08. The summed E-state index contributed by atoms with van der Waals surface area (Å²) in [7, 11) is 0. The maximum absolute atomic E-state index is 3.49. The van der Waals surface area contributed by atoms with Crippen LogP contribution in [0.5, 0.6) is 0 Å². The van der Waals surface area contributed by atoms with E-state index < -0.39 is 0 Å². The number of hydrogen-bond acceptors (Lipinski definition) is 1. The molecule has 0 radical (unpaired) electrons. The molecular formula is C15H21N. The normalized spacial score (nSPS) is 15.9. The molecule has 16 heavy (non-hydrogen) atoms. The fraction of sp³-hybridized carbons (Fsp3) is 0.467. The average Bonchev–Trinajstić information content (AvgIpc) is 2.98. The van der Waals surface area contributed by atoms with Gasteiger partial charge in [-0.1, -0.05) is 29.8 Å². The van der Waals surface area contributed by atoms with Gasteiger partial charge in [-0.3, -0.25) is 0 Å². The van der Waals surface area contributed by atoms with Gasteiger partial charge in [0.1, 0.15) is 0 Å². The highest BCUT2D eigenvalue weighted by Crippen LogP contribution is 2.19. The molecular weight excluding hydrogens is 194 g/mol. The van der Waals surface area contributed by atoms with E-state index in [2.05, 4.69) is 50.4 Å². The van der Waals surface area contributed by atoms with Gasteiger partial charge in [-0.15, -0.1) is 0 Å². The first kappa shape index (κ1) is 11.4. The van der Waals surface area contributed by atoms with E-state index >= 15 is 0 Å². The first-order valence-corrected chi connectivity index (χ1v) is 6.14. The minimum Gasteiger partial charge on any atom is -0.311 e. The zero-order chi connectivity index (χ0) is 11.5. The Bertz CT molecular complexity index is 377. The van der Waals surface area contributed by atoms with Crippen molar-refractivity contribution in [3.05, 3.63) is 40.5 Å². The molecule has 1 N–H and O–H groups in total. The van der Waals surface area contributed by atoms with Gasteiger partial charge in [0.05, 0.1) is 0 Å². The predicted octanol–water partition coefficient (Wildman–Crippen LogP) is 3.38. The van der Waals surface area contributed by atoms with E-state index in [1.165, 1.54) is 35.1 Å². The smallest absolute Gasteiger partial charge is 0.0140 e. The van der Waals surface area contributed by atoms with Gasteiger partial charge in [-0.2, -0.15) is 0 Å². The zero-order valence-electron chi connectivity index (χ0n) is 10.5. The Morgan fingerprint density at radius 3 is 2.38 bits per heavy atom. The fourth-order valence-corrected chi connectivity index (χ4v) is 2.15. The lowest BCUT2D eigenvalue weighted by Crippen LogP contribution is -2.15. The summed E-state index contributed by atoms with van der Waals surface area (Å²) in [6.45, 7) is 7.53. The average molecular weight is 215 g/mol. The molecule has 1 nitrogen and oxygen atoms in total. The SMILES string of the molecule is Cc1cc(C)c(C=CCNC2CC2)c(C)c1. The summed E-state index contributed by atoms with van der Waals surface area (Å²) in [5.74, 6) is 0. The first-order valence-electron chi connectivity index (χ1n) is 6.14. The molecule has 1 aliphatic carbocycles. The van der Waals surface area contributed by atoms with Gasteiger partial charge in [0.25, 0.3) is 0 Å². The maximum atomic E-state index is 3.49. The molecule has 0 spiro atoms. The van der Waals surface area contributed by atoms with Gasteiger partial charge in [0.2, 0.25) is 0 Å². The van der Waals surface area contributed by atoms with E-state index in [1.807, 2.05) is 0 Å². The van der Waals surface area contributed by atoms with Crippen LogP contribution in [0.25, 0.3) is 6.08 Å². The highest BCUT2D eigenvalue weighted by atomic mass is 14.9. The molecule has 1 fully saturated rings. The summed E-state index contributed by atoms with van der Waals surface area (Å²) in [4.78, 5) is 0. The molecule has 86 valence electrons. The first-order chi connectivity index (χ1) is 7.66. The second-order valence-corrected chi connectivity index (χ2v) is 4.90. The van der Waals surface area contributed by atoms with Crippen molar-refractivity contribution in [2.24, 2.45) is 0 Å². The largest absolute Gasteiger partial charge is 0.311 e. The van der Waals surface area contributed by atoms with E-state index in [9.17, 15) is 0 Å². The summed E-state index contributed by atoms with van der Waals surface area (Å²) in [5, 5.41) is 3.49. The molecule has 0 saturated heterocycles. The molecule has 1 saturated carbocycles. The number of nitrogens with one attached hydrogen (secondary N) is 1. The van der Waals surface area contributed by atoms with Crippen LogP contribution in [0.2, 0.25) is 0 Å². The molecule has 1 aliphatic rings. The summed E-state index contributed by atoms with van der Waals surface area (Å²) >= 11 is 0. The van der Waals surface area contributed by atoms with Gasteiger partial charge < -0.3 is 5.32 Å². The summed E-state index contributed by atoms with van der Waals surface area (Å²) in [6, 6.07) is 5.30. The number of aryl methyl sites for hydroxylation is 3. The quantitative estimate of drug-likeness (QED) is 0.812. The van der Waals surface area contributed by atoms with Crippen LogP contribution in [-0.4, -0.2) is 12.6 Å². The Kier molecular flexibility index (Phi) is 3.45. The van der Waals surface area contributed by atoms with Crippen molar-refractivity contribution in [2.75, 3.05) is 6.54 Å². The lowest BCUT2D eigenvalue weighted by atomic mass is 9.99. The van der Waals surface area contributed by atoms with Crippen molar-refractivity contribution in [3.8, 4) is 0 Å². The molecule has 0 aromatic heterocycles. The molecule has 0 aliphatic heterocycles. The predicted molar refractivity (Wildman–Crippen MR) is 70.7 cm³/mol. The Labute approximate surface area is 98.6 Å². The molecule has 0 bridgehead atoms. The Morgan fingerprint density at radius 2 is 1.81 bits per heavy atom.